The number of benzene rings is 1. The van der Waals surface area contributed by atoms with Gasteiger partial charge >= 0.3 is 0 Å². The maximum absolute atomic E-state index is 13.2. The maximum Gasteiger partial charge on any atom is 0.132 e. The van der Waals surface area contributed by atoms with E-state index in [1.165, 1.54) is 0 Å². The number of rotatable bonds is 3. The average molecular weight is 202 g/mol. The first-order valence-electron chi connectivity index (χ1n) is 4.11. The molecule has 1 aromatic carbocycles. The van der Waals surface area contributed by atoms with E-state index in [1.807, 2.05) is 0 Å². The van der Waals surface area contributed by atoms with E-state index >= 15 is 0 Å². The first kappa shape index (κ1) is 11.0. The Morgan fingerprint density at radius 3 is 2.21 bits per heavy atom. The molecular weight excluding hydrogens is 190 g/mol. The Bertz CT molecular complexity index is 327. The number of aliphatic hydroxyl groups is 1. The molecule has 0 saturated carbocycles. The lowest BCUT2D eigenvalue weighted by atomic mass is 9.93. The van der Waals surface area contributed by atoms with Crippen LogP contribution in [0.3, 0.4) is 0 Å². The third kappa shape index (κ3) is 1.89. The number of halogens is 2. The summed E-state index contributed by atoms with van der Waals surface area (Å²) in [5.74, 6) is -1.55. The zero-order valence-corrected chi connectivity index (χ0v) is 7.50. The molecule has 0 aliphatic carbocycles. The van der Waals surface area contributed by atoms with Crippen molar-refractivity contribution < 1.29 is 13.9 Å². The molecule has 14 heavy (non-hydrogen) atoms. The molecule has 5 heteroatoms. The third-order valence-corrected chi connectivity index (χ3v) is 2.11. The van der Waals surface area contributed by atoms with Gasteiger partial charge in [-0.2, -0.15) is 0 Å². The Balaban J connectivity index is 3.17. The summed E-state index contributed by atoms with van der Waals surface area (Å²) in [6.45, 7) is -0.432. The van der Waals surface area contributed by atoms with E-state index in [0.717, 1.165) is 12.1 Å². The molecular formula is C9H12F2N2O. The molecule has 0 saturated heterocycles. The van der Waals surface area contributed by atoms with E-state index in [9.17, 15) is 13.9 Å². The normalized spacial score (nSPS) is 11.8. The van der Waals surface area contributed by atoms with Crippen molar-refractivity contribution >= 4 is 0 Å². The van der Waals surface area contributed by atoms with Crippen molar-refractivity contribution in [1.82, 2.24) is 0 Å². The smallest absolute Gasteiger partial charge is 0.132 e. The minimum Gasteiger partial charge on any atom is -0.382 e. The van der Waals surface area contributed by atoms with E-state index in [0.29, 0.717) is 6.07 Å². The highest BCUT2D eigenvalue weighted by Crippen LogP contribution is 2.22. The fourth-order valence-corrected chi connectivity index (χ4v) is 1.17. The van der Waals surface area contributed by atoms with E-state index in [4.69, 9.17) is 11.5 Å². The van der Waals surface area contributed by atoms with Crippen LogP contribution >= 0.6 is 0 Å². The van der Waals surface area contributed by atoms with Crippen molar-refractivity contribution in [2.45, 2.75) is 5.60 Å². The average Bonchev–Trinajstić information content (AvgIpc) is 2.17. The highest BCUT2D eigenvalue weighted by Gasteiger charge is 2.29. The number of hydrogen-bond donors (Lipinski definition) is 3. The number of hydrogen-bond acceptors (Lipinski definition) is 3. The van der Waals surface area contributed by atoms with Crippen LogP contribution in [-0.2, 0) is 5.60 Å². The second-order valence-electron chi connectivity index (χ2n) is 3.06. The third-order valence-electron chi connectivity index (χ3n) is 2.11. The van der Waals surface area contributed by atoms with Gasteiger partial charge in [0.15, 0.2) is 0 Å². The van der Waals surface area contributed by atoms with Gasteiger partial charge in [-0.25, -0.2) is 8.78 Å². The van der Waals surface area contributed by atoms with E-state index < -0.39 is 17.2 Å². The summed E-state index contributed by atoms with van der Waals surface area (Å²) in [6.07, 6.45) is 0. The maximum atomic E-state index is 13.2. The molecule has 0 aromatic heterocycles. The van der Waals surface area contributed by atoms with Gasteiger partial charge < -0.3 is 16.6 Å². The zero-order chi connectivity index (χ0) is 10.8. The minimum absolute atomic E-state index is 0.0797. The van der Waals surface area contributed by atoms with Crippen molar-refractivity contribution in [3.05, 3.63) is 35.4 Å². The Hall–Kier alpha value is -1.04. The van der Waals surface area contributed by atoms with E-state index in [2.05, 4.69) is 0 Å². The molecule has 0 unspecified atom stereocenters. The van der Waals surface area contributed by atoms with Crippen LogP contribution in [0.4, 0.5) is 8.78 Å². The molecule has 3 nitrogen and oxygen atoms in total. The van der Waals surface area contributed by atoms with Crippen molar-refractivity contribution in [2.75, 3.05) is 13.1 Å². The monoisotopic (exact) mass is 202 g/mol. The molecule has 0 radical (unpaired) electrons. The molecule has 1 aromatic rings. The van der Waals surface area contributed by atoms with Gasteiger partial charge in [-0.1, -0.05) is 6.07 Å². The van der Waals surface area contributed by atoms with Gasteiger partial charge in [0.1, 0.15) is 17.2 Å². The predicted molar refractivity (Wildman–Crippen MR) is 48.4 cm³/mol. The lowest BCUT2D eigenvalue weighted by Gasteiger charge is -2.25. The molecule has 0 amide bonds. The second kappa shape index (κ2) is 4.00. The molecule has 1 rings (SSSR count). The molecule has 0 aliphatic rings. The summed E-state index contributed by atoms with van der Waals surface area (Å²) >= 11 is 0. The second-order valence-corrected chi connectivity index (χ2v) is 3.06. The highest BCUT2D eigenvalue weighted by atomic mass is 19.1. The van der Waals surface area contributed by atoms with Crippen molar-refractivity contribution in [1.29, 1.82) is 0 Å². The zero-order valence-electron chi connectivity index (χ0n) is 7.50. The molecule has 0 aliphatic heterocycles. The minimum atomic E-state index is -1.63. The van der Waals surface area contributed by atoms with Gasteiger partial charge in [0.05, 0.1) is 0 Å². The summed E-state index contributed by atoms with van der Waals surface area (Å²) < 4.78 is 25.8. The Morgan fingerprint density at radius 2 is 1.79 bits per heavy atom. The van der Waals surface area contributed by atoms with Crippen LogP contribution < -0.4 is 11.5 Å². The first-order valence-corrected chi connectivity index (χ1v) is 4.11. The largest absolute Gasteiger partial charge is 0.382 e. The molecule has 0 spiro atoms. The Morgan fingerprint density at radius 1 is 1.21 bits per heavy atom. The van der Waals surface area contributed by atoms with Gasteiger partial charge in [0.25, 0.3) is 0 Å². The van der Waals surface area contributed by atoms with Crippen LogP contribution in [0, 0.1) is 11.6 Å². The van der Waals surface area contributed by atoms with Gasteiger partial charge in [0, 0.05) is 24.7 Å². The molecule has 5 N–H and O–H groups in total. The van der Waals surface area contributed by atoms with Crippen LogP contribution in [0.15, 0.2) is 18.2 Å². The lowest BCUT2D eigenvalue weighted by Crippen LogP contribution is -2.42. The van der Waals surface area contributed by atoms with Gasteiger partial charge in [-0.05, 0) is 6.07 Å². The Labute approximate surface area is 80.3 Å². The Kier molecular flexibility index (Phi) is 3.15. The summed E-state index contributed by atoms with van der Waals surface area (Å²) in [7, 11) is 0. The summed E-state index contributed by atoms with van der Waals surface area (Å²) in [4.78, 5) is 0. The van der Waals surface area contributed by atoms with Gasteiger partial charge in [0.2, 0.25) is 0 Å². The van der Waals surface area contributed by atoms with Crippen molar-refractivity contribution in [2.24, 2.45) is 11.5 Å². The van der Waals surface area contributed by atoms with Gasteiger partial charge in [-0.3, -0.25) is 0 Å². The standard InChI is InChI=1S/C9H12F2N2O/c10-6-1-2-7(8(11)3-6)9(14,4-12)5-13/h1-3,14H,4-5,12-13H2. The summed E-state index contributed by atoms with van der Waals surface area (Å²) in [5, 5.41) is 9.76. The van der Waals surface area contributed by atoms with Crippen molar-refractivity contribution in [3.8, 4) is 0 Å². The topological polar surface area (TPSA) is 72.3 Å². The van der Waals surface area contributed by atoms with Crippen LogP contribution in [0.25, 0.3) is 0 Å². The van der Waals surface area contributed by atoms with Gasteiger partial charge in [-0.15, -0.1) is 0 Å². The lowest BCUT2D eigenvalue weighted by molar-refractivity contribution is 0.0515. The predicted octanol–water partition coefficient (Wildman–Crippen LogP) is 0.0698. The fraction of sp³-hybridized carbons (Fsp3) is 0.333. The molecule has 0 atom stereocenters. The highest BCUT2D eigenvalue weighted by molar-refractivity contribution is 5.25. The van der Waals surface area contributed by atoms with Crippen molar-refractivity contribution in [3.63, 3.8) is 0 Å². The van der Waals surface area contributed by atoms with Crippen LogP contribution in [0.5, 0.6) is 0 Å². The SMILES string of the molecule is NCC(O)(CN)c1ccc(F)cc1F. The molecule has 0 heterocycles. The van der Waals surface area contributed by atoms with E-state index in [-0.39, 0.29) is 18.7 Å². The number of nitrogens with two attached hydrogens (primary N) is 2. The van der Waals surface area contributed by atoms with E-state index in [1.54, 1.807) is 0 Å². The van der Waals surface area contributed by atoms with Crippen LogP contribution in [0.2, 0.25) is 0 Å². The molecule has 0 bridgehead atoms. The molecule has 78 valence electrons. The molecule has 0 fully saturated rings. The summed E-state index contributed by atoms with van der Waals surface area (Å²) in [6, 6.07) is 2.88. The summed E-state index contributed by atoms with van der Waals surface area (Å²) in [5.41, 5.74) is 8.83. The van der Waals surface area contributed by atoms with Crippen LogP contribution in [-0.4, -0.2) is 18.2 Å². The first-order chi connectivity index (χ1) is 6.53. The van der Waals surface area contributed by atoms with Crippen LogP contribution in [0.1, 0.15) is 5.56 Å². The quantitative estimate of drug-likeness (QED) is 0.649. The fourth-order valence-electron chi connectivity index (χ4n) is 1.17.